The maximum absolute atomic E-state index is 6.03. The summed E-state index contributed by atoms with van der Waals surface area (Å²) in [6.45, 7) is 0.806. The average molecular weight is 312 g/mol. The van der Waals surface area contributed by atoms with E-state index < -0.39 is 0 Å². The largest absolute Gasteiger partial charge is 0.329 e. The van der Waals surface area contributed by atoms with Gasteiger partial charge in [-0.15, -0.1) is 11.8 Å². The van der Waals surface area contributed by atoms with Crippen molar-refractivity contribution in [2.24, 2.45) is 11.1 Å². The Morgan fingerprint density at radius 1 is 1.24 bits per heavy atom. The first kappa shape index (κ1) is 12.1. The van der Waals surface area contributed by atoms with Gasteiger partial charge in [0.1, 0.15) is 0 Å². The minimum absolute atomic E-state index is 0.310. The van der Waals surface area contributed by atoms with E-state index in [1.165, 1.54) is 41.5 Å². The second-order valence-corrected chi connectivity index (χ2v) is 7.99. The molecule has 2 N–H and O–H groups in total. The molecule has 0 saturated heterocycles. The topological polar surface area (TPSA) is 26.0 Å². The van der Waals surface area contributed by atoms with Gasteiger partial charge in [0.25, 0.3) is 0 Å². The summed E-state index contributed by atoms with van der Waals surface area (Å²) in [6.07, 6.45) is 6.95. The standard InChI is InChI=1S/C14H18BrNS/c15-11-4-1-2-5-12(11)17-14(10-16)8-13(9-14)6-3-7-13/h1-2,4-5H,3,6-10,16H2. The zero-order valence-electron chi connectivity index (χ0n) is 9.92. The highest BCUT2D eigenvalue weighted by molar-refractivity contribution is 9.10. The Morgan fingerprint density at radius 2 is 1.94 bits per heavy atom. The fraction of sp³-hybridized carbons (Fsp3) is 0.571. The molecule has 1 nitrogen and oxygen atoms in total. The maximum Gasteiger partial charge on any atom is 0.0340 e. The lowest BCUT2D eigenvalue weighted by atomic mass is 9.51. The minimum Gasteiger partial charge on any atom is -0.329 e. The van der Waals surface area contributed by atoms with Gasteiger partial charge in [-0.1, -0.05) is 18.6 Å². The van der Waals surface area contributed by atoms with Crippen LogP contribution in [0.3, 0.4) is 0 Å². The van der Waals surface area contributed by atoms with Gasteiger partial charge in [0.05, 0.1) is 0 Å². The van der Waals surface area contributed by atoms with Crippen LogP contribution in [-0.2, 0) is 0 Å². The van der Waals surface area contributed by atoms with Crippen LogP contribution in [0.1, 0.15) is 32.1 Å². The lowest BCUT2D eigenvalue weighted by Gasteiger charge is -2.60. The number of halogens is 1. The fourth-order valence-electron chi connectivity index (χ4n) is 3.36. The molecule has 0 heterocycles. The Kier molecular flexibility index (Phi) is 3.04. The first-order valence-electron chi connectivity index (χ1n) is 6.31. The van der Waals surface area contributed by atoms with Crippen molar-refractivity contribution in [1.82, 2.24) is 0 Å². The lowest BCUT2D eigenvalue weighted by Crippen LogP contribution is -2.56. The second-order valence-electron chi connectivity index (χ2n) is 5.63. The first-order chi connectivity index (χ1) is 8.17. The molecule has 92 valence electrons. The molecule has 1 aromatic rings. The second kappa shape index (κ2) is 4.29. The van der Waals surface area contributed by atoms with Crippen molar-refractivity contribution in [2.75, 3.05) is 6.54 Å². The van der Waals surface area contributed by atoms with Gasteiger partial charge in [0.15, 0.2) is 0 Å². The van der Waals surface area contributed by atoms with E-state index in [-0.39, 0.29) is 0 Å². The van der Waals surface area contributed by atoms with Crippen LogP contribution in [0, 0.1) is 5.41 Å². The maximum atomic E-state index is 6.03. The molecule has 17 heavy (non-hydrogen) atoms. The van der Waals surface area contributed by atoms with Crippen molar-refractivity contribution in [1.29, 1.82) is 0 Å². The van der Waals surface area contributed by atoms with E-state index in [0.29, 0.717) is 10.2 Å². The van der Waals surface area contributed by atoms with Crippen molar-refractivity contribution >= 4 is 27.7 Å². The van der Waals surface area contributed by atoms with Gasteiger partial charge in [0.2, 0.25) is 0 Å². The smallest absolute Gasteiger partial charge is 0.0340 e. The zero-order chi connectivity index (χ0) is 11.9. The Balaban J connectivity index is 1.73. The third-order valence-electron chi connectivity index (χ3n) is 4.34. The molecule has 2 aliphatic rings. The molecule has 2 aliphatic carbocycles. The molecule has 1 spiro atoms. The molecule has 0 bridgehead atoms. The van der Waals surface area contributed by atoms with Gasteiger partial charge >= 0.3 is 0 Å². The Bertz CT molecular complexity index is 420. The lowest BCUT2D eigenvalue weighted by molar-refractivity contribution is -0.00140. The molecule has 0 aromatic heterocycles. The molecule has 0 radical (unpaired) electrons. The summed E-state index contributed by atoms with van der Waals surface area (Å²) >= 11 is 5.61. The van der Waals surface area contributed by atoms with E-state index in [2.05, 4.69) is 40.2 Å². The SMILES string of the molecule is NCC1(Sc2ccccc2Br)CC2(CCC2)C1. The number of thioether (sulfide) groups is 1. The van der Waals surface area contributed by atoms with Gasteiger partial charge in [-0.3, -0.25) is 0 Å². The molecule has 0 atom stereocenters. The monoisotopic (exact) mass is 311 g/mol. The van der Waals surface area contributed by atoms with E-state index in [1.807, 2.05) is 11.8 Å². The normalized spacial score (nSPS) is 24.1. The van der Waals surface area contributed by atoms with E-state index in [4.69, 9.17) is 5.73 Å². The Morgan fingerprint density at radius 3 is 2.47 bits per heavy atom. The summed E-state index contributed by atoms with van der Waals surface area (Å²) in [6, 6.07) is 8.48. The highest BCUT2D eigenvalue weighted by Gasteiger charge is 2.56. The summed E-state index contributed by atoms with van der Waals surface area (Å²) in [4.78, 5) is 1.34. The molecular formula is C14H18BrNS. The molecule has 2 fully saturated rings. The molecule has 1 aromatic carbocycles. The summed E-state index contributed by atoms with van der Waals surface area (Å²) < 4.78 is 1.51. The van der Waals surface area contributed by atoms with Gasteiger partial charge in [0, 0.05) is 20.7 Å². The van der Waals surface area contributed by atoms with Gasteiger partial charge in [-0.2, -0.15) is 0 Å². The van der Waals surface area contributed by atoms with Crippen LogP contribution >= 0.6 is 27.7 Å². The highest BCUT2D eigenvalue weighted by Crippen LogP contribution is 2.65. The summed E-state index contributed by atoms with van der Waals surface area (Å²) in [7, 11) is 0. The van der Waals surface area contributed by atoms with Gasteiger partial charge < -0.3 is 5.73 Å². The highest BCUT2D eigenvalue weighted by atomic mass is 79.9. The first-order valence-corrected chi connectivity index (χ1v) is 7.92. The van der Waals surface area contributed by atoms with Crippen LogP contribution < -0.4 is 5.73 Å². The zero-order valence-corrected chi connectivity index (χ0v) is 12.3. The van der Waals surface area contributed by atoms with Crippen molar-refractivity contribution in [3.63, 3.8) is 0 Å². The number of rotatable bonds is 3. The van der Waals surface area contributed by atoms with Crippen LogP contribution in [0.15, 0.2) is 33.6 Å². The Hall–Kier alpha value is 0.01000. The molecule has 3 rings (SSSR count). The quantitative estimate of drug-likeness (QED) is 0.905. The van der Waals surface area contributed by atoms with Crippen LogP contribution in [0.5, 0.6) is 0 Å². The molecule has 3 heteroatoms. The van der Waals surface area contributed by atoms with E-state index in [1.54, 1.807) is 0 Å². The summed E-state index contributed by atoms with van der Waals surface area (Å²) in [5.74, 6) is 0. The van der Waals surface area contributed by atoms with Crippen molar-refractivity contribution < 1.29 is 0 Å². The minimum atomic E-state index is 0.310. The molecule has 0 unspecified atom stereocenters. The molecule has 2 saturated carbocycles. The fourth-order valence-corrected chi connectivity index (χ4v) is 5.51. The third-order valence-corrected chi connectivity index (χ3v) is 6.76. The van der Waals surface area contributed by atoms with E-state index in [0.717, 1.165) is 6.54 Å². The number of hydrogen-bond donors (Lipinski definition) is 1. The van der Waals surface area contributed by atoms with E-state index in [9.17, 15) is 0 Å². The van der Waals surface area contributed by atoms with Crippen molar-refractivity contribution in [2.45, 2.75) is 41.7 Å². The predicted octanol–water partition coefficient (Wildman–Crippen LogP) is 4.20. The van der Waals surface area contributed by atoms with Gasteiger partial charge in [-0.05, 0) is 59.2 Å². The van der Waals surface area contributed by atoms with Crippen LogP contribution in [0.2, 0.25) is 0 Å². The van der Waals surface area contributed by atoms with Crippen LogP contribution in [0.25, 0.3) is 0 Å². The Labute approximate surface area is 116 Å². The van der Waals surface area contributed by atoms with E-state index >= 15 is 0 Å². The third kappa shape index (κ3) is 2.06. The summed E-state index contributed by atoms with van der Waals surface area (Å²) in [5, 5.41) is 0. The number of nitrogens with two attached hydrogens (primary N) is 1. The molecular weight excluding hydrogens is 294 g/mol. The average Bonchev–Trinajstić information content (AvgIpc) is 2.23. The van der Waals surface area contributed by atoms with Gasteiger partial charge in [-0.25, -0.2) is 0 Å². The number of benzene rings is 1. The predicted molar refractivity (Wildman–Crippen MR) is 77.3 cm³/mol. The summed E-state index contributed by atoms with van der Waals surface area (Å²) in [5.41, 5.74) is 6.72. The van der Waals surface area contributed by atoms with Crippen LogP contribution in [0.4, 0.5) is 0 Å². The number of hydrogen-bond acceptors (Lipinski definition) is 2. The van der Waals surface area contributed by atoms with Crippen molar-refractivity contribution in [3.8, 4) is 0 Å². The van der Waals surface area contributed by atoms with Crippen LogP contribution in [-0.4, -0.2) is 11.3 Å². The molecule has 0 amide bonds. The van der Waals surface area contributed by atoms with Crippen molar-refractivity contribution in [3.05, 3.63) is 28.7 Å². The molecule has 0 aliphatic heterocycles.